The predicted octanol–water partition coefficient (Wildman–Crippen LogP) is 4.79. The zero-order chi connectivity index (χ0) is 31.1. The van der Waals surface area contributed by atoms with Crippen LogP contribution in [0.5, 0.6) is 5.75 Å². The number of carbonyl (C=O) groups is 2. The molecule has 3 amide bonds. The van der Waals surface area contributed by atoms with E-state index in [0.717, 1.165) is 23.0 Å². The number of benzene rings is 2. The van der Waals surface area contributed by atoms with Crippen molar-refractivity contribution in [2.24, 2.45) is 0 Å². The molecule has 1 aliphatic heterocycles. The number of hydrogen-bond acceptors (Lipinski definition) is 8. The molecular weight excluding hydrogens is 565 g/mol. The molecule has 11 nitrogen and oxygen atoms in total. The highest BCUT2D eigenvalue weighted by molar-refractivity contribution is 5.75. The average molecular weight is 601 g/mol. The first kappa shape index (κ1) is 31.2. The Balaban J connectivity index is 1.53. The van der Waals surface area contributed by atoms with E-state index in [1.54, 1.807) is 48.2 Å². The van der Waals surface area contributed by atoms with Gasteiger partial charge in [-0.1, -0.05) is 19.1 Å². The highest BCUT2D eigenvalue weighted by atomic mass is 19.4. The molecule has 0 spiro atoms. The van der Waals surface area contributed by atoms with Crippen molar-refractivity contribution < 1.29 is 27.5 Å². The van der Waals surface area contributed by atoms with E-state index in [2.05, 4.69) is 30.8 Å². The highest BCUT2D eigenvalue weighted by Crippen LogP contribution is 2.36. The number of anilines is 5. The predicted molar refractivity (Wildman–Crippen MR) is 159 cm³/mol. The van der Waals surface area contributed by atoms with Crippen LogP contribution >= 0.6 is 0 Å². The van der Waals surface area contributed by atoms with Gasteiger partial charge < -0.3 is 35.4 Å². The van der Waals surface area contributed by atoms with Crippen molar-refractivity contribution in [1.29, 1.82) is 0 Å². The lowest BCUT2D eigenvalue weighted by Crippen LogP contribution is -2.51. The first-order chi connectivity index (χ1) is 20.5. The Labute approximate surface area is 248 Å². The number of urea groups is 1. The van der Waals surface area contributed by atoms with Crippen molar-refractivity contribution in [3.8, 4) is 5.75 Å². The fourth-order valence-corrected chi connectivity index (χ4v) is 4.92. The zero-order valence-corrected chi connectivity index (χ0v) is 24.5. The van der Waals surface area contributed by atoms with E-state index in [1.807, 2.05) is 19.1 Å². The van der Waals surface area contributed by atoms with E-state index < -0.39 is 11.7 Å². The minimum Gasteiger partial charge on any atom is -0.494 e. The smallest absolute Gasteiger partial charge is 0.421 e. The third-order valence-corrected chi connectivity index (χ3v) is 7.11. The molecule has 1 aromatic heterocycles. The lowest BCUT2D eigenvalue weighted by atomic mass is 10.0. The molecule has 3 N–H and O–H groups in total. The number of nitrogens with zero attached hydrogens (tertiary/aromatic N) is 5. The van der Waals surface area contributed by atoms with E-state index >= 15 is 0 Å². The summed E-state index contributed by atoms with van der Waals surface area (Å²) in [6.45, 7) is 4.37. The minimum atomic E-state index is -4.68. The van der Waals surface area contributed by atoms with Gasteiger partial charge in [0, 0.05) is 70.5 Å². The summed E-state index contributed by atoms with van der Waals surface area (Å²) in [5, 5.41) is 8.41. The largest absolute Gasteiger partial charge is 0.494 e. The lowest BCUT2D eigenvalue weighted by Gasteiger charge is -2.37. The summed E-state index contributed by atoms with van der Waals surface area (Å²) in [6.07, 6.45) is -2.82. The topological polar surface area (TPSA) is 115 Å². The van der Waals surface area contributed by atoms with E-state index in [0.29, 0.717) is 56.1 Å². The first-order valence-electron chi connectivity index (χ1n) is 13.7. The molecule has 1 fully saturated rings. The van der Waals surface area contributed by atoms with Crippen molar-refractivity contribution in [1.82, 2.24) is 19.8 Å². The molecule has 3 aromatic rings. The number of hydrogen-bond donors (Lipinski definition) is 3. The van der Waals surface area contributed by atoms with Crippen LogP contribution < -0.4 is 25.6 Å². The number of methoxy groups -OCH3 is 1. The van der Waals surface area contributed by atoms with E-state index in [1.165, 1.54) is 7.11 Å². The maximum absolute atomic E-state index is 13.9. The molecule has 0 unspecified atom stereocenters. The van der Waals surface area contributed by atoms with Crippen molar-refractivity contribution in [2.45, 2.75) is 26.1 Å². The maximum atomic E-state index is 13.9. The summed E-state index contributed by atoms with van der Waals surface area (Å²) in [5.74, 6) is 0.0142. The van der Waals surface area contributed by atoms with Crippen molar-refractivity contribution >= 4 is 41.3 Å². The van der Waals surface area contributed by atoms with Gasteiger partial charge in [0.25, 0.3) is 0 Å². The Morgan fingerprint density at radius 3 is 2.49 bits per heavy atom. The van der Waals surface area contributed by atoms with E-state index in [9.17, 15) is 22.8 Å². The molecule has 0 bridgehead atoms. The average Bonchev–Trinajstić information content (AvgIpc) is 2.99. The second-order valence-corrected chi connectivity index (χ2v) is 10.0. The van der Waals surface area contributed by atoms with Crippen LogP contribution in [0.25, 0.3) is 0 Å². The number of aromatic nitrogens is 2. The molecule has 2 aromatic carbocycles. The molecule has 0 atom stereocenters. The number of ether oxygens (including phenoxy) is 1. The van der Waals surface area contributed by atoms with Crippen molar-refractivity contribution in [3.05, 3.63) is 59.3 Å². The molecule has 2 heterocycles. The number of halogens is 3. The van der Waals surface area contributed by atoms with Crippen LogP contribution in [-0.4, -0.2) is 79.6 Å². The summed E-state index contributed by atoms with van der Waals surface area (Å²) in [7, 11) is 4.94. The Hall–Kier alpha value is -4.75. The van der Waals surface area contributed by atoms with Gasteiger partial charge >= 0.3 is 12.2 Å². The highest BCUT2D eigenvalue weighted by Gasteiger charge is 2.35. The number of rotatable bonds is 10. The van der Waals surface area contributed by atoms with Gasteiger partial charge in [0.05, 0.1) is 12.8 Å². The van der Waals surface area contributed by atoms with Gasteiger partial charge in [0.2, 0.25) is 12.4 Å². The first-order valence-corrected chi connectivity index (χ1v) is 13.7. The fraction of sp³-hybridized carbons (Fsp3) is 0.379. The summed E-state index contributed by atoms with van der Waals surface area (Å²) in [6, 6.07) is 10.6. The van der Waals surface area contributed by atoms with E-state index in [4.69, 9.17) is 4.74 Å². The number of carbonyl (C=O) groups excluding carboxylic acids is 2. The standard InChI is InChI=1S/C29H35F3N8O3/c1-5-21-19(7-6-8-23(21)35-18-41)16-33-26-22(29(30,31)32)17-34-27(37-26)36-24-10-9-20(15-25(24)43-4)39-11-13-40(14-12-39)28(42)38(2)3/h6-10,15,17-18H,5,11-14,16H2,1-4H3,(H,35,41)(H2,33,34,36,37). The molecule has 1 saturated heterocycles. The summed E-state index contributed by atoms with van der Waals surface area (Å²) in [5.41, 5.74) is 2.47. The number of nitrogens with one attached hydrogen (secondary N) is 3. The van der Waals surface area contributed by atoms with E-state index in [-0.39, 0.29) is 24.3 Å². The van der Waals surface area contributed by atoms with Crippen molar-refractivity contribution in [3.63, 3.8) is 0 Å². The number of amides is 3. The van der Waals surface area contributed by atoms with Crippen LogP contribution in [0.15, 0.2) is 42.6 Å². The molecule has 0 radical (unpaired) electrons. The third kappa shape index (κ3) is 7.37. The van der Waals surface area contributed by atoms with Crippen LogP contribution in [0.4, 0.5) is 46.8 Å². The Bertz CT molecular complexity index is 1440. The van der Waals surface area contributed by atoms with Gasteiger partial charge in [-0.2, -0.15) is 18.2 Å². The number of alkyl halides is 3. The molecule has 230 valence electrons. The van der Waals surface area contributed by atoms with Crippen LogP contribution in [0.2, 0.25) is 0 Å². The molecule has 43 heavy (non-hydrogen) atoms. The Morgan fingerprint density at radius 2 is 1.86 bits per heavy atom. The van der Waals surface area contributed by atoms with Gasteiger partial charge in [-0.3, -0.25) is 4.79 Å². The molecular formula is C29H35F3N8O3. The maximum Gasteiger partial charge on any atom is 0.421 e. The Kier molecular flexibility index (Phi) is 9.78. The summed E-state index contributed by atoms with van der Waals surface area (Å²) < 4.78 is 47.1. The Morgan fingerprint density at radius 1 is 1.12 bits per heavy atom. The van der Waals surface area contributed by atoms with Crippen LogP contribution in [0.1, 0.15) is 23.6 Å². The molecule has 0 saturated carbocycles. The van der Waals surface area contributed by atoms with Gasteiger partial charge in [-0.25, -0.2) is 9.78 Å². The number of piperazine rings is 1. The summed E-state index contributed by atoms with van der Waals surface area (Å²) >= 11 is 0. The van der Waals surface area contributed by atoms with Crippen LogP contribution in [0.3, 0.4) is 0 Å². The normalized spacial score (nSPS) is 13.4. The third-order valence-electron chi connectivity index (χ3n) is 7.11. The molecule has 14 heteroatoms. The minimum absolute atomic E-state index is 0.0311. The molecule has 4 rings (SSSR count). The SMILES string of the molecule is CCc1c(CNc2nc(Nc3ccc(N4CCN(C(=O)N(C)C)CC4)cc3OC)ncc2C(F)(F)F)cccc1NC=O. The fourth-order valence-electron chi connectivity index (χ4n) is 4.92. The van der Waals surface area contributed by atoms with Gasteiger partial charge in [-0.05, 0) is 35.7 Å². The van der Waals surface area contributed by atoms with Gasteiger partial charge in [0.15, 0.2) is 0 Å². The lowest BCUT2D eigenvalue weighted by molar-refractivity contribution is -0.137. The van der Waals surface area contributed by atoms with Crippen LogP contribution in [0, 0.1) is 0 Å². The van der Waals surface area contributed by atoms with Crippen LogP contribution in [-0.2, 0) is 23.9 Å². The zero-order valence-electron chi connectivity index (χ0n) is 24.5. The quantitative estimate of drug-likeness (QED) is 0.285. The molecule has 1 aliphatic rings. The second kappa shape index (κ2) is 13.5. The monoisotopic (exact) mass is 600 g/mol. The summed E-state index contributed by atoms with van der Waals surface area (Å²) in [4.78, 5) is 36.8. The van der Waals surface area contributed by atoms with Crippen molar-refractivity contribution in [2.75, 3.05) is 68.2 Å². The molecule has 0 aliphatic carbocycles. The van der Waals surface area contributed by atoms with Gasteiger partial charge in [0.1, 0.15) is 17.1 Å². The van der Waals surface area contributed by atoms with Gasteiger partial charge in [-0.15, -0.1) is 0 Å². The second-order valence-electron chi connectivity index (χ2n) is 10.0.